The quantitative estimate of drug-likeness (QED) is 0.890. The van der Waals surface area contributed by atoms with Crippen LogP contribution in [0.4, 0.5) is 10.5 Å². The van der Waals surface area contributed by atoms with Crippen molar-refractivity contribution in [3.63, 3.8) is 0 Å². The van der Waals surface area contributed by atoms with Gasteiger partial charge in [0.25, 0.3) is 0 Å². The van der Waals surface area contributed by atoms with Crippen LogP contribution >= 0.6 is 0 Å². The van der Waals surface area contributed by atoms with Crippen LogP contribution in [0.2, 0.25) is 0 Å². The first-order valence-electron chi connectivity index (χ1n) is 7.53. The summed E-state index contributed by atoms with van der Waals surface area (Å²) in [6.45, 7) is 2.81. The SMILES string of the molecule is CC(NC(=O)Nc1ccc2c(c1)CCC2)C1CCCO1. The van der Waals surface area contributed by atoms with Crippen LogP contribution in [0.1, 0.15) is 37.3 Å². The Hall–Kier alpha value is -1.55. The number of fused-ring (bicyclic) bond motifs is 1. The highest BCUT2D eigenvalue weighted by atomic mass is 16.5. The minimum atomic E-state index is -0.147. The Labute approximate surface area is 119 Å². The van der Waals surface area contributed by atoms with Gasteiger partial charge in [0.1, 0.15) is 0 Å². The van der Waals surface area contributed by atoms with E-state index in [0.717, 1.165) is 38.0 Å². The minimum absolute atomic E-state index is 0.0481. The second kappa shape index (κ2) is 5.83. The molecule has 2 aliphatic rings. The van der Waals surface area contributed by atoms with E-state index in [1.165, 1.54) is 17.5 Å². The maximum Gasteiger partial charge on any atom is 0.319 e. The Morgan fingerprint density at radius 3 is 2.95 bits per heavy atom. The summed E-state index contributed by atoms with van der Waals surface area (Å²) in [5.74, 6) is 0. The average Bonchev–Trinajstić information content (AvgIpc) is 3.09. The molecule has 0 aromatic heterocycles. The lowest BCUT2D eigenvalue weighted by Crippen LogP contribution is -2.42. The Morgan fingerprint density at radius 2 is 2.15 bits per heavy atom. The number of nitrogens with one attached hydrogen (secondary N) is 2. The molecule has 4 heteroatoms. The molecule has 2 atom stereocenters. The number of aryl methyl sites for hydroxylation is 2. The fourth-order valence-corrected chi connectivity index (χ4v) is 3.11. The molecule has 108 valence electrons. The Kier molecular flexibility index (Phi) is 3.92. The van der Waals surface area contributed by atoms with E-state index >= 15 is 0 Å². The summed E-state index contributed by atoms with van der Waals surface area (Å²) in [4.78, 5) is 12.0. The van der Waals surface area contributed by atoms with Gasteiger partial charge in [-0.1, -0.05) is 6.07 Å². The number of carbonyl (C=O) groups excluding carboxylic acids is 1. The van der Waals surface area contributed by atoms with Crippen LogP contribution < -0.4 is 10.6 Å². The molecule has 20 heavy (non-hydrogen) atoms. The van der Waals surface area contributed by atoms with E-state index in [1.807, 2.05) is 13.0 Å². The van der Waals surface area contributed by atoms with Crippen LogP contribution in [0, 0.1) is 0 Å². The number of hydrogen-bond acceptors (Lipinski definition) is 2. The van der Waals surface area contributed by atoms with Crippen LogP contribution in [0.25, 0.3) is 0 Å². The monoisotopic (exact) mass is 274 g/mol. The van der Waals surface area contributed by atoms with Gasteiger partial charge in [0.05, 0.1) is 12.1 Å². The summed E-state index contributed by atoms with van der Waals surface area (Å²) in [7, 11) is 0. The molecule has 1 saturated heterocycles. The molecule has 4 nitrogen and oxygen atoms in total. The lowest BCUT2D eigenvalue weighted by Gasteiger charge is -2.20. The predicted octanol–water partition coefficient (Wildman–Crippen LogP) is 2.86. The van der Waals surface area contributed by atoms with Gasteiger partial charge in [-0.15, -0.1) is 0 Å². The van der Waals surface area contributed by atoms with Crippen molar-refractivity contribution in [2.75, 3.05) is 11.9 Å². The van der Waals surface area contributed by atoms with Crippen molar-refractivity contribution in [1.29, 1.82) is 0 Å². The Balaban J connectivity index is 1.55. The first-order chi connectivity index (χ1) is 9.72. The molecule has 0 radical (unpaired) electrons. The van der Waals surface area contributed by atoms with Crippen molar-refractivity contribution in [3.05, 3.63) is 29.3 Å². The topological polar surface area (TPSA) is 50.4 Å². The molecule has 0 spiro atoms. The van der Waals surface area contributed by atoms with Gasteiger partial charge in [-0.05, 0) is 62.3 Å². The maximum atomic E-state index is 12.0. The van der Waals surface area contributed by atoms with E-state index in [1.54, 1.807) is 0 Å². The highest BCUT2D eigenvalue weighted by molar-refractivity contribution is 5.89. The zero-order valence-electron chi connectivity index (χ0n) is 11.9. The van der Waals surface area contributed by atoms with Crippen LogP contribution in [0.15, 0.2) is 18.2 Å². The fraction of sp³-hybridized carbons (Fsp3) is 0.562. The van der Waals surface area contributed by atoms with Gasteiger partial charge in [0.15, 0.2) is 0 Å². The molecule has 1 fully saturated rings. The molecule has 0 saturated carbocycles. The first kappa shape index (κ1) is 13.4. The zero-order chi connectivity index (χ0) is 13.9. The molecule has 2 N–H and O–H groups in total. The lowest BCUT2D eigenvalue weighted by atomic mass is 10.1. The average molecular weight is 274 g/mol. The molecule has 1 aromatic carbocycles. The molecule has 1 heterocycles. The normalized spacial score (nSPS) is 22.4. The molecule has 1 aliphatic heterocycles. The predicted molar refractivity (Wildman–Crippen MR) is 79.1 cm³/mol. The molecular weight excluding hydrogens is 252 g/mol. The molecule has 3 rings (SSSR count). The van der Waals surface area contributed by atoms with Gasteiger partial charge in [0, 0.05) is 12.3 Å². The van der Waals surface area contributed by atoms with Gasteiger partial charge >= 0.3 is 6.03 Å². The minimum Gasteiger partial charge on any atom is -0.376 e. The summed E-state index contributed by atoms with van der Waals surface area (Å²) in [6.07, 6.45) is 5.78. The van der Waals surface area contributed by atoms with Gasteiger partial charge in [-0.25, -0.2) is 4.79 Å². The van der Waals surface area contributed by atoms with E-state index in [9.17, 15) is 4.79 Å². The fourth-order valence-electron chi connectivity index (χ4n) is 3.11. The van der Waals surface area contributed by atoms with Crippen molar-refractivity contribution < 1.29 is 9.53 Å². The van der Waals surface area contributed by atoms with E-state index in [4.69, 9.17) is 4.74 Å². The lowest BCUT2D eigenvalue weighted by molar-refractivity contribution is 0.0868. The summed E-state index contributed by atoms with van der Waals surface area (Å²) < 4.78 is 5.58. The summed E-state index contributed by atoms with van der Waals surface area (Å²) >= 11 is 0. The zero-order valence-corrected chi connectivity index (χ0v) is 11.9. The maximum absolute atomic E-state index is 12.0. The number of hydrogen-bond donors (Lipinski definition) is 2. The highest BCUT2D eigenvalue weighted by Gasteiger charge is 2.23. The second-order valence-electron chi connectivity index (χ2n) is 5.78. The number of ether oxygens (including phenoxy) is 1. The standard InChI is InChI=1S/C16H22N2O2/c1-11(15-6-3-9-20-15)17-16(19)18-14-8-7-12-4-2-5-13(12)10-14/h7-8,10-11,15H,2-6,9H2,1H3,(H2,17,18,19). The van der Waals surface area contributed by atoms with Crippen molar-refractivity contribution >= 4 is 11.7 Å². The van der Waals surface area contributed by atoms with Crippen LogP contribution in [-0.2, 0) is 17.6 Å². The van der Waals surface area contributed by atoms with Crippen molar-refractivity contribution in [2.24, 2.45) is 0 Å². The van der Waals surface area contributed by atoms with Crippen molar-refractivity contribution in [2.45, 2.75) is 51.2 Å². The number of urea groups is 1. The first-order valence-corrected chi connectivity index (χ1v) is 7.53. The third-order valence-corrected chi connectivity index (χ3v) is 4.24. The van der Waals surface area contributed by atoms with Gasteiger partial charge in [0.2, 0.25) is 0 Å². The van der Waals surface area contributed by atoms with E-state index in [2.05, 4.69) is 22.8 Å². The molecule has 2 amide bonds. The number of benzene rings is 1. The molecule has 2 unspecified atom stereocenters. The summed E-state index contributed by atoms with van der Waals surface area (Å²) in [5, 5.41) is 5.88. The van der Waals surface area contributed by atoms with Gasteiger partial charge in [-0.3, -0.25) is 0 Å². The molecule has 0 bridgehead atoms. The Bertz CT molecular complexity index is 495. The molecular formula is C16H22N2O2. The summed E-state index contributed by atoms with van der Waals surface area (Å²) in [5.41, 5.74) is 3.67. The highest BCUT2D eigenvalue weighted by Crippen LogP contribution is 2.24. The largest absolute Gasteiger partial charge is 0.376 e. The van der Waals surface area contributed by atoms with Crippen molar-refractivity contribution in [3.8, 4) is 0 Å². The molecule has 1 aromatic rings. The molecule has 1 aliphatic carbocycles. The second-order valence-corrected chi connectivity index (χ2v) is 5.78. The number of rotatable bonds is 3. The van der Waals surface area contributed by atoms with Crippen LogP contribution in [0.3, 0.4) is 0 Å². The van der Waals surface area contributed by atoms with E-state index < -0.39 is 0 Å². The van der Waals surface area contributed by atoms with E-state index in [0.29, 0.717) is 0 Å². The number of carbonyl (C=O) groups is 1. The number of anilines is 1. The van der Waals surface area contributed by atoms with Gasteiger partial charge < -0.3 is 15.4 Å². The smallest absolute Gasteiger partial charge is 0.319 e. The summed E-state index contributed by atoms with van der Waals surface area (Å²) in [6, 6.07) is 6.11. The Morgan fingerprint density at radius 1 is 1.30 bits per heavy atom. The van der Waals surface area contributed by atoms with Gasteiger partial charge in [-0.2, -0.15) is 0 Å². The van der Waals surface area contributed by atoms with E-state index in [-0.39, 0.29) is 18.2 Å². The van der Waals surface area contributed by atoms with Crippen molar-refractivity contribution in [1.82, 2.24) is 5.32 Å². The number of amides is 2. The third kappa shape index (κ3) is 2.96. The third-order valence-electron chi connectivity index (χ3n) is 4.24. The van der Waals surface area contributed by atoms with Crippen LogP contribution in [-0.4, -0.2) is 24.8 Å². The van der Waals surface area contributed by atoms with Crippen LogP contribution in [0.5, 0.6) is 0 Å².